The summed E-state index contributed by atoms with van der Waals surface area (Å²) in [5.74, 6) is 0.754. The summed E-state index contributed by atoms with van der Waals surface area (Å²) in [6.07, 6.45) is 5.18. The number of nitrogens with zero attached hydrogens (tertiary/aromatic N) is 4. The Morgan fingerprint density at radius 3 is 2.70 bits per heavy atom. The molecule has 5 heteroatoms. The van der Waals surface area contributed by atoms with Gasteiger partial charge in [-0.2, -0.15) is 0 Å². The summed E-state index contributed by atoms with van der Waals surface area (Å²) in [5, 5.41) is 4.08. The van der Waals surface area contributed by atoms with Crippen LogP contribution in [-0.2, 0) is 6.42 Å². The summed E-state index contributed by atoms with van der Waals surface area (Å²) >= 11 is 0. The van der Waals surface area contributed by atoms with E-state index >= 15 is 0 Å². The van der Waals surface area contributed by atoms with Gasteiger partial charge in [-0.15, -0.1) is 0 Å². The van der Waals surface area contributed by atoms with E-state index in [1.807, 2.05) is 31.4 Å². The predicted octanol–water partition coefficient (Wildman–Crippen LogP) is 2.61. The number of aromatic nitrogens is 1. The van der Waals surface area contributed by atoms with Crippen molar-refractivity contribution in [3.63, 3.8) is 0 Å². The van der Waals surface area contributed by atoms with Gasteiger partial charge in [-0.1, -0.05) is 12.1 Å². The fourth-order valence-corrected chi connectivity index (χ4v) is 2.30. The molecule has 1 aliphatic heterocycles. The number of aliphatic imine (C=N–C) groups is 1. The van der Waals surface area contributed by atoms with E-state index in [9.17, 15) is 0 Å². The highest BCUT2D eigenvalue weighted by Crippen LogP contribution is 2.26. The molecule has 1 aromatic rings. The fraction of sp³-hybridized carbons (Fsp3) is 0.600. The second-order valence-corrected chi connectivity index (χ2v) is 5.37. The quantitative estimate of drug-likeness (QED) is 0.612. The lowest BCUT2D eigenvalue weighted by Crippen LogP contribution is -2.18. The number of rotatable bonds is 5. The monoisotopic (exact) mass is 276 g/mol. The first-order valence-corrected chi connectivity index (χ1v) is 7.24. The first kappa shape index (κ1) is 14.6. The largest absolute Gasteiger partial charge is 0.373 e. The molecule has 0 amide bonds. The van der Waals surface area contributed by atoms with E-state index in [0.29, 0.717) is 0 Å². The Balaban J connectivity index is 2.35. The Kier molecular flexibility index (Phi) is 4.82. The van der Waals surface area contributed by atoms with Crippen molar-refractivity contribution in [2.24, 2.45) is 4.99 Å². The summed E-state index contributed by atoms with van der Waals surface area (Å²) in [4.78, 5) is 8.89. The molecule has 1 aliphatic rings. The third-order valence-corrected chi connectivity index (χ3v) is 3.50. The third-order valence-electron chi connectivity index (χ3n) is 3.50. The van der Waals surface area contributed by atoms with E-state index in [1.54, 1.807) is 0 Å². The Morgan fingerprint density at radius 1 is 1.45 bits per heavy atom. The van der Waals surface area contributed by atoms with Gasteiger partial charge >= 0.3 is 0 Å². The first-order chi connectivity index (χ1) is 9.61. The van der Waals surface area contributed by atoms with Crippen molar-refractivity contribution in [1.29, 1.82) is 0 Å². The van der Waals surface area contributed by atoms with Gasteiger partial charge in [-0.25, -0.2) is 4.99 Å². The molecule has 0 radical (unpaired) electrons. The van der Waals surface area contributed by atoms with Crippen molar-refractivity contribution >= 4 is 12.0 Å². The van der Waals surface area contributed by atoms with Crippen LogP contribution in [0.1, 0.15) is 38.1 Å². The maximum absolute atomic E-state index is 5.46. The summed E-state index contributed by atoms with van der Waals surface area (Å²) in [7, 11) is 3.92. The molecule has 0 aromatic carbocycles. The molecule has 0 bridgehead atoms. The molecule has 1 fully saturated rings. The molecule has 2 heterocycles. The normalized spacial score (nSPS) is 16.9. The molecule has 1 saturated heterocycles. The van der Waals surface area contributed by atoms with Gasteiger partial charge in [-0.3, -0.25) is 0 Å². The van der Waals surface area contributed by atoms with Crippen LogP contribution in [0.15, 0.2) is 21.3 Å². The van der Waals surface area contributed by atoms with Gasteiger partial charge in [0.05, 0.1) is 12.0 Å². The molecule has 2 rings (SSSR count). The van der Waals surface area contributed by atoms with Crippen LogP contribution in [0.4, 0.5) is 0 Å². The molecule has 0 atom stereocenters. The Morgan fingerprint density at radius 2 is 2.15 bits per heavy atom. The summed E-state index contributed by atoms with van der Waals surface area (Å²) in [6, 6.07) is 1.99. The van der Waals surface area contributed by atoms with Crippen LogP contribution in [0.2, 0.25) is 0 Å². The highest BCUT2D eigenvalue weighted by atomic mass is 16.5. The Bertz CT molecular complexity index is 496. The van der Waals surface area contributed by atoms with Crippen molar-refractivity contribution in [2.45, 2.75) is 33.1 Å². The van der Waals surface area contributed by atoms with Gasteiger partial charge in [0.25, 0.3) is 0 Å². The smallest absolute Gasteiger partial charge is 0.187 e. The zero-order valence-corrected chi connectivity index (χ0v) is 12.9. The third kappa shape index (κ3) is 3.40. The van der Waals surface area contributed by atoms with Crippen LogP contribution in [0.3, 0.4) is 0 Å². The van der Waals surface area contributed by atoms with Crippen molar-refractivity contribution in [3.8, 4) is 0 Å². The molecule has 0 aliphatic carbocycles. The van der Waals surface area contributed by atoms with Gasteiger partial charge in [-0.05, 0) is 26.2 Å². The SMILES string of the molecule is CCc1cc(C(/N=C/N(C)C)=C(\C)N2CCCC2)on1. The van der Waals surface area contributed by atoms with E-state index in [4.69, 9.17) is 4.52 Å². The predicted molar refractivity (Wildman–Crippen MR) is 81.5 cm³/mol. The molecule has 0 N–H and O–H groups in total. The van der Waals surface area contributed by atoms with Crippen LogP contribution in [-0.4, -0.2) is 48.5 Å². The molecular formula is C15H24N4O. The second-order valence-electron chi connectivity index (χ2n) is 5.37. The zero-order chi connectivity index (χ0) is 14.5. The minimum Gasteiger partial charge on any atom is -0.373 e. The van der Waals surface area contributed by atoms with Gasteiger partial charge in [0.2, 0.25) is 0 Å². The molecule has 0 saturated carbocycles. The zero-order valence-electron chi connectivity index (χ0n) is 12.9. The lowest BCUT2D eigenvalue weighted by molar-refractivity contribution is 0.395. The number of allylic oxidation sites excluding steroid dienone is 1. The minimum atomic E-state index is 0.754. The molecule has 20 heavy (non-hydrogen) atoms. The lowest BCUT2D eigenvalue weighted by Gasteiger charge is -2.19. The number of likely N-dealkylation sites (tertiary alicyclic amines) is 1. The number of hydrogen-bond acceptors (Lipinski definition) is 4. The molecule has 5 nitrogen and oxygen atoms in total. The van der Waals surface area contributed by atoms with Crippen molar-refractivity contribution in [1.82, 2.24) is 15.0 Å². The Labute approximate surface area is 120 Å². The topological polar surface area (TPSA) is 44.9 Å². The van der Waals surface area contributed by atoms with Gasteiger partial charge in [0.1, 0.15) is 5.70 Å². The standard InChI is InChI=1S/C15H24N4O/c1-5-13-10-14(20-17-13)15(16-11-18(3)4)12(2)19-8-6-7-9-19/h10-11H,5-9H2,1-4H3/b15-12-,16-11+. The Hall–Kier alpha value is -1.78. The molecular weight excluding hydrogens is 252 g/mol. The van der Waals surface area contributed by atoms with Gasteiger partial charge < -0.3 is 14.3 Å². The van der Waals surface area contributed by atoms with Crippen molar-refractivity contribution in [2.75, 3.05) is 27.2 Å². The van der Waals surface area contributed by atoms with E-state index in [1.165, 1.54) is 18.5 Å². The van der Waals surface area contributed by atoms with Crippen molar-refractivity contribution < 1.29 is 4.52 Å². The van der Waals surface area contributed by atoms with E-state index in [0.717, 1.165) is 36.7 Å². The maximum atomic E-state index is 5.46. The van der Waals surface area contributed by atoms with Crippen LogP contribution < -0.4 is 0 Å². The van der Waals surface area contributed by atoms with Gasteiger partial charge in [0, 0.05) is 38.9 Å². The van der Waals surface area contributed by atoms with Crippen LogP contribution >= 0.6 is 0 Å². The highest BCUT2D eigenvalue weighted by molar-refractivity contribution is 5.72. The van der Waals surface area contributed by atoms with Crippen LogP contribution in [0.5, 0.6) is 0 Å². The summed E-state index contributed by atoms with van der Waals surface area (Å²) in [5.41, 5.74) is 3.01. The average molecular weight is 276 g/mol. The lowest BCUT2D eigenvalue weighted by atomic mass is 10.2. The highest BCUT2D eigenvalue weighted by Gasteiger charge is 2.18. The average Bonchev–Trinajstić information content (AvgIpc) is 3.09. The summed E-state index contributed by atoms with van der Waals surface area (Å²) < 4.78 is 5.46. The number of hydrogen-bond donors (Lipinski definition) is 0. The molecule has 0 unspecified atom stereocenters. The molecule has 1 aromatic heterocycles. The van der Waals surface area contributed by atoms with E-state index in [-0.39, 0.29) is 0 Å². The van der Waals surface area contributed by atoms with E-state index < -0.39 is 0 Å². The van der Waals surface area contributed by atoms with E-state index in [2.05, 4.69) is 28.9 Å². The molecule has 110 valence electrons. The maximum Gasteiger partial charge on any atom is 0.187 e. The first-order valence-electron chi connectivity index (χ1n) is 7.24. The summed E-state index contributed by atoms with van der Waals surface area (Å²) in [6.45, 7) is 6.38. The molecule has 0 spiro atoms. The fourth-order valence-electron chi connectivity index (χ4n) is 2.30. The minimum absolute atomic E-state index is 0.754. The van der Waals surface area contributed by atoms with Crippen LogP contribution in [0, 0.1) is 0 Å². The van der Waals surface area contributed by atoms with Crippen LogP contribution in [0.25, 0.3) is 5.70 Å². The van der Waals surface area contributed by atoms with Crippen molar-refractivity contribution in [3.05, 3.63) is 23.2 Å². The second kappa shape index (κ2) is 6.59. The van der Waals surface area contributed by atoms with Gasteiger partial charge in [0.15, 0.2) is 5.76 Å². The number of aryl methyl sites for hydroxylation is 1.